The van der Waals surface area contributed by atoms with Crippen molar-refractivity contribution in [2.75, 3.05) is 0 Å². The molecule has 0 aliphatic carbocycles. The summed E-state index contributed by atoms with van der Waals surface area (Å²) in [7, 11) is 0. The molecule has 0 aliphatic rings. The van der Waals surface area contributed by atoms with Crippen LogP contribution in [-0.4, -0.2) is 28.0 Å². The van der Waals surface area contributed by atoms with E-state index in [0.717, 1.165) is 0 Å². The highest BCUT2D eigenvalue weighted by molar-refractivity contribution is 9.10. The molecular formula is C12H15BrN2O3. The lowest BCUT2D eigenvalue weighted by atomic mass is 9.99. The number of carbonyl (C=O) groups excluding carboxylic acids is 1. The maximum absolute atomic E-state index is 11.9. The zero-order valence-corrected chi connectivity index (χ0v) is 11.8. The van der Waals surface area contributed by atoms with Crippen LogP contribution < -0.4 is 5.32 Å². The van der Waals surface area contributed by atoms with Gasteiger partial charge in [-0.2, -0.15) is 0 Å². The summed E-state index contributed by atoms with van der Waals surface area (Å²) in [5.74, 6) is -1.58. The Morgan fingerprint density at radius 1 is 1.50 bits per heavy atom. The highest BCUT2D eigenvalue weighted by atomic mass is 79.9. The summed E-state index contributed by atoms with van der Waals surface area (Å²) in [6, 6.07) is 2.33. The van der Waals surface area contributed by atoms with E-state index in [-0.39, 0.29) is 5.92 Å². The molecule has 0 spiro atoms. The van der Waals surface area contributed by atoms with Crippen LogP contribution in [0.3, 0.4) is 0 Å². The molecule has 5 nitrogen and oxygen atoms in total. The number of aliphatic carboxylic acids is 1. The standard InChI is InChI=1S/C12H15BrN2O3/c1-3-7(2)10(12(17)18)15-11(16)8-4-5-9(13)14-6-8/h4-7,10H,3H2,1-2H3,(H,15,16)(H,17,18)/t7?,10-/m0/s1. The topological polar surface area (TPSA) is 79.3 Å². The molecule has 1 unspecified atom stereocenters. The van der Waals surface area contributed by atoms with Gasteiger partial charge in [-0.3, -0.25) is 4.79 Å². The Hall–Kier alpha value is -1.43. The monoisotopic (exact) mass is 314 g/mol. The van der Waals surface area contributed by atoms with Gasteiger partial charge in [0, 0.05) is 6.20 Å². The molecule has 0 fully saturated rings. The van der Waals surface area contributed by atoms with Crippen molar-refractivity contribution in [3.05, 3.63) is 28.5 Å². The summed E-state index contributed by atoms with van der Waals surface area (Å²) >= 11 is 3.17. The molecule has 0 bridgehead atoms. The van der Waals surface area contributed by atoms with Crippen molar-refractivity contribution < 1.29 is 14.7 Å². The third-order valence-corrected chi connectivity index (χ3v) is 3.22. The van der Waals surface area contributed by atoms with Gasteiger partial charge in [0.05, 0.1) is 5.56 Å². The molecule has 1 rings (SSSR count). The normalized spacial score (nSPS) is 13.7. The zero-order chi connectivity index (χ0) is 13.7. The second kappa shape index (κ2) is 6.49. The fraction of sp³-hybridized carbons (Fsp3) is 0.417. The number of rotatable bonds is 5. The Labute approximate surface area is 114 Å². The number of aromatic nitrogens is 1. The summed E-state index contributed by atoms with van der Waals surface area (Å²) in [5.41, 5.74) is 0.341. The lowest BCUT2D eigenvalue weighted by Crippen LogP contribution is -2.45. The van der Waals surface area contributed by atoms with Crippen LogP contribution in [0.2, 0.25) is 0 Å². The molecule has 1 amide bonds. The lowest BCUT2D eigenvalue weighted by Gasteiger charge is -2.20. The number of nitrogens with zero attached hydrogens (tertiary/aromatic N) is 1. The maximum Gasteiger partial charge on any atom is 0.326 e. The fourth-order valence-electron chi connectivity index (χ4n) is 1.42. The van der Waals surface area contributed by atoms with Gasteiger partial charge in [0.15, 0.2) is 0 Å². The van der Waals surface area contributed by atoms with Crippen molar-refractivity contribution in [2.24, 2.45) is 5.92 Å². The quantitative estimate of drug-likeness (QED) is 0.815. The molecule has 98 valence electrons. The van der Waals surface area contributed by atoms with Crippen LogP contribution in [0.15, 0.2) is 22.9 Å². The molecule has 0 aromatic carbocycles. The highest BCUT2D eigenvalue weighted by Gasteiger charge is 2.25. The number of carboxylic acids is 1. The van der Waals surface area contributed by atoms with Crippen molar-refractivity contribution in [3.8, 4) is 0 Å². The third kappa shape index (κ3) is 3.80. The first-order valence-corrected chi connectivity index (χ1v) is 6.40. The Balaban J connectivity index is 2.78. The molecule has 0 radical (unpaired) electrons. The van der Waals surface area contributed by atoms with E-state index in [1.165, 1.54) is 6.20 Å². The van der Waals surface area contributed by atoms with Gasteiger partial charge in [-0.25, -0.2) is 9.78 Å². The second-order valence-electron chi connectivity index (χ2n) is 4.04. The van der Waals surface area contributed by atoms with E-state index in [1.807, 2.05) is 6.92 Å². The number of halogens is 1. The van der Waals surface area contributed by atoms with Crippen LogP contribution in [0, 0.1) is 5.92 Å². The van der Waals surface area contributed by atoms with Gasteiger partial charge in [0.1, 0.15) is 10.6 Å². The van der Waals surface area contributed by atoms with Crippen LogP contribution in [0.4, 0.5) is 0 Å². The highest BCUT2D eigenvalue weighted by Crippen LogP contribution is 2.10. The lowest BCUT2D eigenvalue weighted by molar-refractivity contribution is -0.140. The Morgan fingerprint density at radius 3 is 2.61 bits per heavy atom. The molecule has 6 heteroatoms. The molecule has 0 saturated carbocycles. The van der Waals surface area contributed by atoms with Crippen molar-refractivity contribution in [2.45, 2.75) is 26.3 Å². The minimum atomic E-state index is -1.03. The number of carbonyl (C=O) groups is 2. The summed E-state index contributed by atoms with van der Waals surface area (Å²) in [6.45, 7) is 3.67. The largest absolute Gasteiger partial charge is 0.480 e. The van der Waals surface area contributed by atoms with Crippen LogP contribution in [0.5, 0.6) is 0 Å². The van der Waals surface area contributed by atoms with Gasteiger partial charge in [-0.15, -0.1) is 0 Å². The number of carboxylic acid groups (broad SMARTS) is 1. The summed E-state index contributed by atoms with van der Waals surface area (Å²) in [6.07, 6.45) is 2.07. The van der Waals surface area contributed by atoms with E-state index < -0.39 is 17.9 Å². The maximum atomic E-state index is 11.9. The van der Waals surface area contributed by atoms with Crippen molar-refractivity contribution >= 4 is 27.8 Å². The van der Waals surface area contributed by atoms with Gasteiger partial charge in [0.25, 0.3) is 5.91 Å². The van der Waals surface area contributed by atoms with Crippen LogP contribution in [-0.2, 0) is 4.79 Å². The van der Waals surface area contributed by atoms with E-state index in [4.69, 9.17) is 5.11 Å². The van der Waals surface area contributed by atoms with Crippen LogP contribution in [0.25, 0.3) is 0 Å². The predicted molar refractivity (Wildman–Crippen MR) is 70.3 cm³/mol. The van der Waals surface area contributed by atoms with Gasteiger partial charge < -0.3 is 10.4 Å². The Kier molecular flexibility index (Phi) is 5.27. The minimum absolute atomic E-state index is 0.130. The van der Waals surface area contributed by atoms with E-state index in [2.05, 4.69) is 26.2 Å². The zero-order valence-electron chi connectivity index (χ0n) is 10.2. The van der Waals surface area contributed by atoms with Crippen molar-refractivity contribution in [1.29, 1.82) is 0 Å². The smallest absolute Gasteiger partial charge is 0.326 e. The fourth-order valence-corrected chi connectivity index (χ4v) is 1.65. The van der Waals surface area contributed by atoms with E-state index in [9.17, 15) is 9.59 Å². The summed E-state index contributed by atoms with van der Waals surface area (Å²) < 4.78 is 0.621. The predicted octanol–water partition coefficient (Wildman–Crippen LogP) is 2.07. The van der Waals surface area contributed by atoms with E-state index in [1.54, 1.807) is 19.1 Å². The average molecular weight is 315 g/mol. The second-order valence-corrected chi connectivity index (χ2v) is 4.86. The van der Waals surface area contributed by atoms with Gasteiger partial charge >= 0.3 is 5.97 Å². The first-order chi connectivity index (χ1) is 8.45. The molecule has 1 aromatic heterocycles. The van der Waals surface area contributed by atoms with Crippen LogP contribution >= 0.6 is 15.9 Å². The van der Waals surface area contributed by atoms with Crippen molar-refractivity contribution in [3.63, 3.8) is 0 Å². The summed E-state index contributed by atoms with van der Waals surface area (Å²) in [4.78, 5) is 26.9. The first-order valence-electron chi connectivity index (χ1n) is 5.61. The van der Waals surface area contributed by atoms with Gasteiger partial charge in [0.2, 0.25) is 0 Å². The molecule has 0 saturated heterocycles. The van der Waals surface area contributed by atoms with E-state index >= 15 is 0 Å². The summed E-state index contributed by atoms with van der Waals surface area (Å²) in [5, 5.41) is 11.6. The molecule has 0 aliphatic heterocycles. The molecule has 18 heavy (non-hydrogen) atoms. The van der Waals surface area contributed by atoms with Gasteiger partial charge in [-0.1, -0.05) is 20.3 Å². The molecule has 1 aromatic rings. The molecular weight excluding hydrogens is 300 g/mol. The SMILES string of the molecule is CCC(C)[C@H](NC(=O)c1ccc(Br)nc1)C(=O)O. The number of pyridine rings is 1. The number of amides is 1. The molecule has 2 N–H and O–H groups in total. The number of nitrogens with one attached hydrogen (secondary N) is 1. The first kappa shape index (κ1) is 14.6. The van der Waals surface area contributed by atoms with E-state index in [0.29, 0.717) is 16.6 Å². The van der Waals surface area contributed by atoms with Crippen LogP contribution in [0.1, 0.15) is 30.6 Å². The third-order valence-electron chi connectivity index (χ3n) is 2.76. The van der Waals surface area contributed by atoms with Crippen molar-refractivity contribution in [1.82, 2.24) is 10.3 Å². The molecule has 1 heterocycles. The number of hydrogen-bond donors (Lipinski definition) is 2. The average Bonchev–Trinajstić information content (AvgIpc) is 2.35. The van der Waals surface area contributed by atoms with Gasteiger partial charge in [-0.05, 0) is 34.0 Å². The minimum Gasteiger partial charge on any atom is -0.480 e. The molecule has 2 atom stereocenters. The Bertz CT molecular complexity index is 433. The number of hydrogen-bond acceptors (Lipinski definition) is 3. The Morgan fingerprint density at radius 2 is 2.17 bits per heavy atom.